The molecule has 19 heavy (non-hydrogen) atoms. The van der Waals surface area contributed by atoms with Crippen molar-refractivity contribution in [3.63, 3.8) is 0 Å². The molecule has 0 aromatic carbocycles. The Morgan fingerprint density at radius 1 is 1.05 bits per heavy atom. The van der Waals surface area contributed by atoms with E-state index in [0.717, 1.165) is 13.0 Å². The molecule has 0 aliphatic carbocycles. The summed E-state index contributed by atoms with van der Waals surface area (Å²) in [6.45, 7) is 3.09. The Bertz CT molecular complexity index is 299. The molecule has 0 atom stereocenters. The first-order valence-corrected chi connectivity index (χ1v) is 7.94. The van der Waals surface area contributed by atoms with Crippen LogP contribution in [0.4, 0.5) is 0 Å². The standard InChI is InChI=1S/C11H25N3.H2O4S/c1-2-3-4-5-6-7-8-9-10-14-11(12)13;1-5(2,3)4/h2-10H2,1H3,(H4,12,13,14);(H2,1,2,3,4). The van der Waals surface area contributed by atoms with Crippen molar-refractivity contribution in [3.05, 3.63) is 0 Å². The predicted octanol–water partition coefficient (Wildman–Crippen LogP) is 1.96. The number of nitrogens with two attached hydrogens (primary N) is 1. The molecule has 0 aliphatic rings. The number of hydrogen-bond donors (Lipinski definition) is 5. The molecule has 0 radical (unpaired) electrons. The van der Waals surface area contributed by atoms with Crippen molar-refractivity contribution in [2.24, 2.45) is 5.73 Å². The molecule has 7 nitrogen and oxygen atoms in total. The van der Waals surface area contributed by atoms with Gasteiger partial charge in [0, 0.05) is 6.54 Å². The third-order valence-electron chi connectivity index (χ3n) is 2.35. The number of nitrogens with one attached hydrogen (secondary N) is 2. The van der Waals surface area contributed by atoms with Crippen molar-refractivity contribution in [1.82, 2.24) is 5.32 Å². The first kappa shape index (κ1) is 20.5. The van der Waals surface area contributed by atoms with E-state index >= 15 is 0 Å². The smallest absolute Gasteiger partial charge is 0.370 e. The monoisotopic (exact) mass is 297 g/mol. The Hall–Kier alpha value is -0.860. The minimum Gasteiger partial charge on any atom is -0.370 e. The van der Waals surface area contributed by atoms with E-state index < -0.39 is 10.4 Å². The minimum atomic E-state index is -4.67. The van der Waals surface area contributed by atoms with Crippen LogP contribution >= 0.6 is 0 Å². The third-order valence-corrected chi connectivity index (χ3v) is 2.35. The van der Waals surface area contributed by atoms with Gasteiger partial charge in [-0.3, -0.25) is 14.5 Å². The molecule has 0 unspecified atom stereocenters. The average molecular weight is 297 g/mol. The zero-order chi connectivity index (χ0) is 15.1. The van der Waals surface area contributed by atoms with Crippen LogP contribution in [-0.2, 0) is 10.4 Å². The maximum Gasteiger partial charge on any atom is 0.394 e. The maximum absolute atomic E-state index is 8.74. The molecule has 116 valence electrons. The molecule has 0 rings (SSSR count). The van der Waals surface area contributed by atoms with Crippen LogP contribution in [0, 0.1) is 5.41 Å². The summed E-state index contributed by atoms with van der Waals surface area (Å²) in [4.78, 5) is 0. The molecule has 0 aromatic rings. The molecule has 8 heteroatoms. The van der Waals surface area contributed by atoms with Crippen LogP contribution in [0.15, 0.2) is 0 Å². The van der Waals surface area contributed by atoms with Gasteiger partial charge in [-0.1, -0.05) is 51.9 Å². The molecule has 0 bridgehead atoms. The number of hydrogen-bond acceptors (Lipinski definition) is 3. The van der Waals surface area contributed by atoms with Crippen molar-refractivity contribution < 1.29 is 17.5 Å². The normalized spacial score (nSPS) is 10.5. The summed E-state index contributed by atoms with van der Waals surface area (Å²) < 4.78 is 31.6. The summed E-state index contributed by atoms with van der Waals surface area (Å²) >= 11 is 0. The fraction of sp³-hybridized carbons (Fsp3) is 0.909. The molecule has 0 aliphatic heterocycles. The van der Waals surface area contributed by atoms with Crippen molar-refractivity contribution in [3.8, 4) is 0 Å². The molecular weight excluding hydrogens is 270 g/mol. The molecule has 0 spiro atoms. The molecule has 0 heterocycles. The molecule has 0 saturated carbocycles. The second-order valence-electron chi connectivity index (χ2n) is 4.26. The van der Waals surface area contributed by atoms with Crippen LogP contribution in [0.5, 0.6) is 0 Å². The van der Waals surface area contributed by atoms with E-state index in [-0.39, 0.29) is 5.96 Å². The van der Waals surface area contributed by atoms with Gasteiger partial charge in [0.15, 0.2) is 5.96 Å². The summed E-state index contributed by atoms with van der Waals surface area (Å²) in [5, 5.41) is 9.77. The molecule has 0 amide bonds. The van der Waals surface area contributed by atoms with Gasteiger partial charge in [-0.25, -0.2) is 0 Å². The fourth-order valence-electron chi connectivity index (χ4n) is 1.48. The van der Waals surface area contributed by atoms with Crippen LogP contribution in [0.1, 0.15) is 58.3 Å². The Kier molecular flexibility index (Phi) is 14.6. The second-order valence-corrected chi connectivity index (χ2v) is 5.16. The van der Waals surface area contributed by atoms with Gasteiger partial charge in [0.2, 0.25) is 0 Å². The highest BCUT2D eigenvalue weighted by atomic mass is 32.3. The van der Waals surface area contributed by atoms with Gasteiger partial charge in [0.05, 0.1) is 0 Å². The highest BCUT2D eigenvalue weighted by Crippen LogP contribution is 2.07. The molecule has 0 fully saturated rings. The van der Waals surface area contributed by atoms with Crippen molar-refractivity contribution in [1.29, 1.82) is 5.41 Å². The lowest BCUT2D eigenvalue weighted by atomic mass is 10.1. The van der Waals surface area contributed by atoms with Crippen LogP contribution in [-0.4, -0.2) is 30.0 Å². The first-order chi connectivity index (χ1) is 8.77. The topological polar surface area (TPSA) is 136 Å². The van der Waals surface area contributed by atoms with E-state index in [0.29, 0.717) is 0 Å². The van der Waals surface area contributed by atoms with Gasteiger partial charge in [-0.05, 0) is 6.42 Å². The predicted molar refractivity (Wildman–Crippen MR) is 76.7 cm³/mol. The highest BCUT2D eigenvalue weighted by molar-refractivity contribution is 7.79. The van der Waals surface area contributed by atoms with Gasteiger partial charge in [-0.2, -0.15) is 8.42 Å². The summed E-state index contributed by atoms with van der Waals surface area (Å²) in [5.74, 6) is 0.0907. The van der Waals surface area contributed by atoms with Gasteiger partial charge in [0.25, 0.3) is 0 Å². The Labute approximate surface area is 116 Å². The van der Waals surface area contributed by atoms with E-state index in [4.69, 9.17) is 28.7 Å². The Balaban J connectivity index is 0. The van der Waals surface area contributed by atoms with Crippen molar-refractivity contribution in [2.45, 2.75) is 58.3 Å². The van der Waals surface area contributed by atoms with Gasteiger partial charge < -0.3 is 11.1 Å². The summed E-state index contributed by atoms with van der Waals surface area (Å²) in [6.07, 6.45) is 10.5. The fourth-order valence-corrected chi connectivity index (χ4v) is 1.48. The lowest BCUT2D eigenvalue weighted by Crippen LogP contribution is -2.30. The minimum absolute atomic E-state index is 0.0907. The van der Waals surface area contributed by atoms with Gasteiger partial charge in [-0.15, -0.1) is 0 Å². The zero-order valence-electron chi connectivity index (χ0n) is 11.6. The van der Waals surface area contributed by atoms with Crippen molar-refractivity contribution >= 4 is 16.4 Å². The first-order valence-electron chi connectivity index (χ1n) is 6.55. The van der Waals surface area contributed by atoms with E-state index in [1.807, 2.05) is 0 Å². The third kappa shape index (κ3) is 38.2. The Morgan fingerprint density at radius 2 is 1.42 bits per heavy atom. The van der Waals surface area contributed by atoms with Crippen molar-refractivity contribution in [2.75, 3.05) is 6.54 Å². The van der Waals surface area contributed by atoms with Crippen LogP contribution in [0.2, 0.25) is 0 Å². The lowest BCUT2D eigenvalue weighted by Gasteiger charge is -2.03. The number of guanidine groups is 1. The molecule has 0 saturated heterocycles. The summed E-state index contributed by atoms with van der Waals surface area (Å²) in [6, 6.07) is 0. The molecule has 6 N–H and O–H groups in total. The van der Waals surface area contributed by atoms with E-state index in [1.165, 1.54) is 44.9 Å². The van der Waals surface area contributed by atoms with Gasteiger partial charge in [0.1, 0.15) is 0 Å². The van der Waals surface area contributed by atoms with Crippen LogP contribution in [0.25, 0.3) is 0 Å². The van der Waals surface area contributed by atoms with E-state index in [2.05, 4.69) is 12.2 Å². The van der Waals surface area contributed by atoms with Crippen LogP contribution < -0.4 is 11.1 Å². The van der Waals surface area contributed by atoms with E-state index in [9.17, 15) is 0 Å². The largest absolute Gasteiger partial charge is 0.394 e. The quantitative estimate of drug-likeness (QED) is 0.191. The number of rotatable bonds is 9. The summed E-state index contributed by atoms with van der Waals surface area (Å²) in [7, 11) is -4.67. The van der Waals surface area contributed by atoms with Crippen LogP contribution in [0.3, 0.4) is 0 Å². The van der Waals surface area contributed by atoms with Gasteiger partial charge >= 0.3 is 10.4 Å². The average Bonchev–Trinajstić information content (AvgIpc) is 2.24. The van der Waals surface area contributed by atoms with E-state index in [1.54, 1.807) is 0 Å². The Morgan fingerprint density at radius 3 is 1.79 bits per heavy atom. The SMILES string of the molecule is CCCCCCCCCCNC(=N)N.O=S(=O)(O)O. The molecule has 0 aromatic heterocycles. The molecular formula is C11H27N3O4S. The number of unbranched alkanes of at least 4 members (excludes halogenated alkanes) is 7. The second kappa shape index (κ2) is 13.6. The lowest BCUT2D eigenvalue weighted by molar-refractivity contribution is 0.381. The summed E-state index contributed by atoms with van der Waals surface area (Å²) in [5.41, 5.74) is 5.16. The zero-order valence-corrected chi connectivity index (χ0v) is 12.4. The maximum atomic E-state index is 8.74. The highest BCUT2D eigenvalue weighted by Gasteiger charge is 1.91.